The van der Waals surface area contributed by atoms with Gasteiger partial charge in [0.25, 0.3) is 0 Å². The second-order valence-electron chi connectivity index (χ2n) is 4.38. The highest BCUT2D eigenvalue weighted by molar-refractivity contribution is 6.01. The van der Waals surface area contributed by atoms with Crippen molar-refractivity contribution in [2.45, 2.75) is 39.2 Å². The van der Waals surface area contributed by atoms with Gasteiger partial charge in [-0.25, -0.2) is 0 Å². The minimum absolute atomic E-state index is 0.0213. The van der Waals surface area contributed by atoms with Crippen LogP contribution >= 0.6 is 0 Å². The standard InChI is InChI=1S/C13H16O3/c1-8(2)16-12-7-6-11(15)13-9(12)4-3-5-10(13)14/h6-8,15H,3-5H2,1-2H3. The Labute approximate surface area is 95.0 Å². The highest BCUT2D eigenvalue weighted by Crippen LogP contribution is 2.35. The van der Waals surface area contributed by atoms with Crippen LogP contribution in [0.5, 0.6) is 11.5 Å². The Balaban J connectivity index is 2.49. The molecule has 0 radical (unpaired) electrons. The number of hydrogen-bond acceptors (Lipinski definition) is 3. The van der Waals surface area contributed by atoms with Crippen LogP contribution in [-0.4, -0.2) is 17.0 Å². The van der Waals surface area contributed by atoms with Crippen LogP contribution in [-0.2, 0) is 6.42 Å². The van der Waals surface area contributed by atoms with Gasteiger partial charge in [0.05, 0.1) is 11.7 Å². The molecule has 1 aliphatic rings. The van der Waals surface area contributed by atoms with Gasteiger partial charge in [0, 0.05) is 12.0 Å². The summed E-state index contributed by atoms with van der Waals surface area (Å²) in [4.78, 5) is 11.7. The maximum absolute atomic E-state index is 11.7. The number of rotatable bonds is 2. The number of hydrogen-bond donors (Lipinski definition) is 1. The monoisotopic (exact) mass is 220 g/mol. The summed E-state index contributed by atoms with van der Waals surface area (Å²) in [6.45, 7) is 3.90. The van der Waals surface area contributed by atoms with Gasteiger partial charge >= 0.3 is 0 Å². The van der Waals surface area contributed by atoms with E-state index in [4.69, 9.17) is 4.74 Å². The fourth-order valence-electron chi connectivity index (χ4n) is 2.09. The SMILES string of the molecule is CC(C)Oc1ccc(O)c2c1CCCC2=O. The predicted molar refractivity (Wildman–Crippen MR) is 61.1 cm³/mol. The van der Waals surface area contributed by atoms with Crippen molar-refractivity contribution in [3.05, 3.63) is 23.3 Å². The van der Waals surface area contributed by atoms with Crippen molar-refractivity contribution in [2.75, 3.05) is 0 Å². The lowest BCUT2D eigenvalue weighted by Crippen LogP contribution is -2.15. The van der Waals surface area contributed by atoms with E-state index in [1.165, 1.54) is 0 Å². The Morgan fingerprint density at radius 2 is 2.06 bits per heavy atom. The molecule has 1 aromatic rings. The lowest BCUT2D eigenvalue weighted by atomic mass is 9.89. The van der Waals surface area contributed by atoms with Crippen molar-refractivity contribution in [1.82, 2.24) is 0 Å². The number of fused-ring (bicyclic) bond motifs is 1. The molecule has 0 aromatic heterocycles. The molecule has 0 heterocycles. The van der Waals surface area contributed by atoms with Crippen molar-refractivity contribution < 1.29 is 14.6 Å². The zero-order valence-electron chi connectivity index (χ0n) is 9.62. The van der Waals surface area contributed by atoms with E-state index in [0.717, 1.165) is 24.2 Å². The van der Waals surface area contributed by atoms with Crippen molar-refractivity contribution in [3.63, 3.8) is 0 Å². The Morgan fingerprint density at radius 3 is 2.75 bits per heavy atom. The fraction of sp³-hybridized carbons (Fsp3) is 0.462. The number of benzene rings is 1. The highest BCUT2D eigenvalue weighted by Gasteiger charge is 2.24. The van der Waals surface area contributed by atoms with E-state index < -0.39 is 0 Å². The molecule has 0 bridgehead atoms. The van der Waals surface area contributed by atoms with Gasteiger partial charge in [-0.15, -0.1) is 0 Å². The van der Waals surface area contributed by atoms with Crippen molar-refractivity contribution in [3.8, 4) is 11.5 Å². The van der Waals surface area contributed by atoms with Crippen molar-refractivity contribution in [2.24, 2.45) is 0 Å². The molecule has 3 heteroatoms. The van der Waals surface area contributed by atoms with Gasteiger partial charge in [-0.1, -0.05) is 0 Å². The van der Waals surface area contributed by atoms with Crippen LogP contribution < -0.4 is 4.74 Å². The number of carbonyl (C=O) groups is 1. The summed E-state index contributed by atoms with van der Waals surface area (Å²) in [6, 6.07) is 3.28. The number of aromatic hydroxyl groups is 1. The minimum atomic E-state index is 0.0213. The topological polar surface area (TPSA) is 46.5 Å². The molecule has 0 spiro atoms. The summed E-state index contributed by atoms with van der Waals surface area (Å²) in [5, 5.41) is 9.71. The predicted octanol–water partition coefficient (Wildman–Crippen LogP) is 2.70. The van der Waals surface area contributed by atoms with Gasteiger partial charge in [-0.3, -0.25) is 4.79 Å². The molecule has 0 saturated heterocycles. The number of ketones is 1. The van der Waals surface area contributed by atoms with E-state index in [0.29, 0.717) is 12.0 Å². The van der Waals surface area contributed by atoms with Crippen LogP contribution in [0.15, 0.2) is 12.1 Å². The van der Waals surface area contributed by atoms with Crippen LogP contribution in [0.1, 0.15) is 42.6 Å². The van der Waals surface area contributed by atoms with Crippen LogP contribution in [0.2, 0.25) is 0 Å². The van der Waals surface area contributed by atoms with E-state index in [-0.39, 0.29) is 17.6 Å². The normalized spacial score (nSPS) is 15.1. The smallest absolute Gasteiger partial charge is 0.167 e. The molecule has 0 aliphatic heterocycles. The molecule has 1 aromatic carbocycles. The maximum atomic E-state index is 11.7. The molecule has 16 heavy (non-hydrogen) atoms. The first kappa shape index (κ1) is 11.0. The van der Waals surface area contributed by atoms with Crippen LogP contribution in [0.3, 0.4) is 0 Å². The minimum Gasteiger partial charge on any atom is -0.507 e. The molecule has 0 fully saturated rings. The summed E-state index contributed by atoms with van der Waals surface area (Å²) >= 11 is 0. The van der Waals surface area contributed by atoms with Gasteiger partial charge in [-0.2, -0.15) is 0 Å². The molecule has 0 unspecified atom stereocenters. The quantitative estimate of drug-likeness (QED) is 0.833. The summed E-state index contributed by atoms with van der Waals surface area (Å²) in [5.74, 6) is 0.833. The Morgan fingerprint density at radius 1 is 1.31 bits per heavy atom. The van der Waals surface area contributed by atoms with Gasteiger partial charge in [0.15, 0.2) is 5.78 Å². The zero-order valence-corrected chi connectivity index (χ0v) is 9.62. The first-order valence-electron chi connectivity index (χ1n) is 5.64. The Hall–Kier alpha value is -1.51. The molecular weight excluding hydrogens is 204 g/mol. The molecule has 0 amide bonds. The number of Topliss-reactive ketones (excluding diaryl/α,β-unsaturated/α-hetero) is 1. The second kappa shape index (κ2) is 4.16. The summed E-state index contributed by atoms with van der Waals surface area (Å²) in [7, 11) is 0. The number of ether oxygens (including phenoxy) is 1. The first-order chi connectivity index (χ1) is 7.59. The van der Waals surface area contributed by atoms with Gasteiger partial charge in [0.1, 0.15) is 11.5 Å². The van der Waals surface area contributed by atoms with E-state index in [2.05, 4.69) is 0 Å². The van der Waals surface area contributed by atoms with Gasteiger partial charge in [-0.05, 0) is 38.8 Å². The Kier molecular flexibility index (Phi) is 2.86. The molecule has 1 N–H and O–H groups in total. The van der Waals surface area contributed by atoms with Crippen molar-refractivity contribution in [1.29, 1.82) is 0 Å². The summed E-state index contributed by atoms with van der Waals surface area (Å²) in [5.41, 5.74) is 1.33. The molecule has 0 saturated carbocycles. The number of phenolic OH excluding ortho intramolecular Hbond substituents is 1. The Bertz CT molecular complexity index is 421. The number of carbonyl (C=O) groups excluding carboxylic acids is 1. The van der Waals surface area contributed by atoms with Gasteiger partial charge < -0.3 is 9.84 Å². The molecule has 0 atom stereocenters. The van der Waals surface area contributed by atoms with Crippen LogP contribution in [0, 0.1) is 0 Å². The average Bonchev–Trinajstić information content (AvgIpc) is 2.22. The lowest BCUT2D eigenvalue weighted by molar-refractivity contribution is 0.0967. The summed E-state index contributed by atoms with van der Waals surface area (Å²) < 4.78 is 5.65. The first-order valence-corrected chi connectivity index (χ1v) is 5.64. The summed E-state index contributed by atoms with van der Waals surface area (Å²) in [6.07, 6.45) is 2.23. The zero-order chi connectivity index (χ0) is 11.7. The van der Waals surface area contributed by atoms with E-state index >= 15 is 0 Å². The second-order valence-corrected chi connectivity index (χ2v) is 4.38. The van der Waals surface area contributed by atoms with E-state index in [1.54, 1.807) is 12.1 Å². The van der Waals surface area contributed by atoms with E-state index in [9.17, 15) is 9.90 Å². The third kappa shape index (κ3) is 1.90. The average molecular weight is 220 g/mol. The third-order valence-corrected chi connectivity index (χ3v) is 2.72. The largest absolute Gasteiger partial charge is 0.507 e. The van der Waals surface area contributed by atoms with Crippen LogP contribution in [0.25, 0.3) is 0 Å². The maximum Gasteiger partial charge on any atom is 0.167 e. The molecule has 3 nitrogen and oxygen atoms in total. The van der Waals surface area contributed by atoms with Crippen molar-refractivity contribution >= 4 is 5.78 Å². The molecular formula is C13H16O3. The van der Waals surface area contributed by atoms with E-state index in [1.807, 2.05) is 13.8 Å². The highest BCUT2D eigenvalue weighted by atomic mass is 16.5. The van der Waals surface area contributed by atoms with Crippen LogP contribution in [0.4, 0.5) is 0 Å². The molecule has 2 rings (SSSR count). The third-order valence-electron chi connectivity index (χ3n) is 2.72. The van der Waals surface area contributed by atoms with Gasteiger partial charge in [0.2, 0.25) is 0 Å². The molecule has 1 aliphatic carbocycles. The molecule has 86 valence electrons. The lowest BCUT2D eigenvalue weighted by Gasteiger charge is -2.21. The fourth-order valence-corrected chi connectivity index (χ4v) is 2.09. The number of phenols is 1.